The number of hydrogen-bond donors (Lipinski definition) is 2. The highest BCUT2D eigenvalue weighted by molar-refractivity contribution is 7.80. The number of hydrogen-bond acceptors (Lipinski definition) is 6. The molecular weight excluding hydrogens is 378 g/mol. The van der Waals surface area contributed by atoms with E-state index in [-0.39, 0.29) is 5.97 Å². The number of nitrogens with one attached hydrogen (secondary N) is 2. The van der Waals surface area contributed by atoms with Crippen LogP contribution in [0.15, 0.2) is 53.6 Å². The van der Waals surface area contributed by atoms with E-state index in [0.29, 0.717) is 36.2 Å². The van der Waals surface area contributed by atoms with E-state index in [2.05, 4.69) is 15.8 Å². The fourth-order valence-electron chi connectivity index (χ4n) is 2.20. The quantitative estimate of drug-likeness (QED) is 0.220. The van der Waals surface area contributed by atoms with Crippen molar-refractivity contribution in [2.24, 2.45) is 5.10 Å². The molecule has 0 atom stereocenters. The van der Waals surface area contributed by atoms with Crippen LogP contribution >= 0.6 is 12.2 Å². The Morgan fingerprint density at radius 1 is 1.14 bits per heavy atom. The molecule has 0 saturated carbocycles. The van der Waals surface area contributed by atoms with Crippen LogP contribution < -0.4 is 15.5 Å². The van der Waals surface area contributed by atoms with Gasteiger partial charge in [0.25, 0.3) is 0 Å². The largest absolute Gasteiger partial charge is 0.488 e. The van der Waals surface area contributed by atoms with Crippen molar-refractivity contribution in [2.45, 2.75) is 6.61 Å². The van der Waals surface area contributed by atoms with Crippen LogP contribution in [0, 0.1) is 0 Å². The smallest absolute Gasteiger partial charge is 0.337 e. The number of carbonyl (C=O) groups excluding carboxylic acids is 1. The topological polar surface area (TPSA) is 81.2 Å². The van der Waals surface area contributed by atoms with E-state index in [4.69, 9.17) is 26.4 Å². The predicted molar refractivity (Wildman–Crippen MR) is 112 cm³/mol. The van der Waals surface area contributed by atoms with E-state index in [1.165, 1.54) is 7.11 Å². The Bertz CT molecular complexity index is 809. The second-order valence-electron chi connectivity index (χ2n) is 5.63. The first kappa shape index (κ1) is 21.3. The summed E-state index contributed by atoms with van der Waals surface area (Å²) in [5.74, 6) is 0.319. The molecule has 2 rings (SSSR count). The molecule has 0 aliphatic carbocycles. The first-order chi connectivity index (χ1) is 13.6. The molecule has 0 unspecified atom stereocenters. The zero-order chi connectivity index (χ0) is 20.2. The fraction of sp³-hybridized carbons (Fsp3) is 0.250. The van der Waals surface area contributed by atoms with Crippen LogP contribution in [-0.2, 0) is 16.1 Å². The number of ether oxygens (including phenoxy) is 3. The average Bonchev–Trinajstić information content (AvgIpc) is 2.73. The Morgan fingerprint density at radius 3 is 2.61 bits per heavy atom. The molecule has 0 aliphatic rings. The third kappa shape index (κ3) is 6.98. The van der Waals surface area contributed by atoms with Gasteiger partial charge in [0.15, 0.2) is 5.11 Å². The van der Waals surface area contributed by atoms with Crippen molar-refractivity contribution >= 4 is 29.5 Å². The van der Waals surface area contributed by atoms with Crippen molar-refractivity contribution < 1.29 is 19.0 Å². The highest BCUT2D eigenvalue weighted by atomic mass is 32.1. The molecule has 0 fully saturated rings. The summed E-state index contributed by atoms with van der Waals surface area (Å²) < 4.78 is 15.5. The molecule has 0 aliphatic heterocycles. The summed E-state index contributed by atoms with van der Waals surface area (Å²) in [7, 11) is 2.98. The number of methoxy groups -OCH3 is 2. The molecule has 2 aromatic rings. The fourth-order valence-corrected chi connectivity index (χ4v) is 2.36. The van der Waals surface area contributed by atoms with Crippen LogP contribution in [0.3, 0.4) is 0 Å². The van der Waals surface area contributed by atoms with Gasteiger partial charge in [-0.05, 0) is 42.0 Å². The summed E-state index contributed by atoms with van der Waals surface area (Å²) in [6.07, 6.45) is 1.64. The molecule has 0 amide bonds. The van der Waals surface area contributed by atoms with Gasteiger partial charge in [-0.1, -0.05) is 24.3 Å². The molecule has 28 heavy (non-hydrogen) atoms. The number of carbonyl (C=O) groups is 1. The summed E-state index contributed by atoms with van der Waals surface area (Å²) in [6.45, 7) is 1.52. The Balaban J connectivity index is 1.91. The van der Waals surface area contributed by atoms with E-state index >= 15 is 0 Å². The lowest BCUT2D eigenvalue weighted by atomic mass is 10.1. The number of benzene rings is 2. The second-order valence-corrected chi connectivity index (χ2v) is 6.04. The van der Waals surface area contributed by atoms with Crippen LogP contribution in [0.2, 0.25) is 0 Å². The lowest BCUT2D eigenvalue weighted by Gasteiger charge is -2.10. The number of hydrazone groups is 1. The standard InChI is InChI=1S/C20H23N3O4S/c1-25-12-11-21-20(28)23-22-13-17-5-3-4-6-18(17)27-14-15-7-9-16(10-8-15)19(24)26-2/h3-10,13H,11-12,14H2,1-2H3,(H2,21,23,28)/b22-13+. The van der Waals surface area contributed by atoms with Crippen LogP contribution in [0.5, 0.6) is 5.75 Å². The minimum atomic E-state index is -0.365. The van der Waals surface area contributed by atoms with Crippen molar-refractivity contribution in [2.75, 3.05) is 27.4 Å². The van der Waals surface area contributed by atoms with Gasteiger partial charge < -0.3 is 19.5 Å². The third-order valence-electron chi connectivity index (χ3n) is 3.65. The molecule has 0 bridgehead atoms. The normalized spacial score (nSPS) is 10.5. The summed E-state index contributed by atoms with van der Waals surface area (Å²) in [6, 6.07) is 14.6. The zero-order valence-corrected chi connectivity index (χ0v) is 16.6. The van der Waals surface area contributed by atoms with Gasteiger partial charge in [-0.15, -0.1) is 0 Å². The number of nitrogens with zero attached hydrogens (tertiary/aromatic N) is 1. The first-order valence-electron chi connectivity index (χ1n) is 8.59. The monoisotopic (exact) mass is 401 g/mol. The molecule has 0 radical (unpaired) electrons. The van der Waals surface area contributed by atoms with Gasteiger partial charge in [-0.2, -0.15) is 5.10 Å². The number of esters is 1. The van der Waals surface area contributed by atoms with Crippen LogP contribution in [0.1, 0.15) is 21.5 Å². The highest BCUT2D eigenvalue weighted by Crippen LogP contribution is 2.18. The summed E-state index contributed by atoms with van der Waals surface area (Å²) in [5, 5.41) is 7.50. The maximum Gasteiger partial charge on any atom is 0.337 e. The van der Waals surface area contributed by atoms with Crippen molar-refractivity contribution in [3.63, 3.8) is 0 Å². The minimum absolute atomic E-state index is 0.358. The summed E-state index contributed by atoms with van der Waals surface area (Å²) in [4.78, 5) is 11.5. The lowest BCUT2D eigenvalue weighted by molar-refractivity contribution is 0.0600. The van der Waals surface area contributed by atoms with Crippen LogP contribution in [-0.4, -0.2) is 44.7 Å². The van der Waals surface area contributed by atoms with E-state index in [1.807, 2.05) is 36.4 Å². The second kappa shape index (κ2) is 11.7. The van der Waals surface area contributed by atoms with E-state index in [1.54, 1.807) is 25.5 Å². The average molecular weight is 401 g/mol. The van der Waals surface area contributed by atoms with Gasteiger partial charge in [0.1, 0.15) is 12.4 Å². The van der Waals surface area contributed by atoms with E-state index < -0.39 is 0 Å². The van der Waals surface area contributed by atoms with Crippen molar-refractivity contribution in [1.29, 1.82) is 0 Å². The maximum atomic E-state index is 11.5. The molecule has 0 saturated heterocycles. The molecule has 2 aromatic carbocycles. The summed E-state index contributed by atoms with van der Waals surface area (Å²) in [5.41, 5.74) is 4.99. The van der Waals surface area contributed by atoms with E-state index in [9.17, 15) is 4.79 Å². The highest BCUT2D eigenvalue weighted by Gasteiger charge is 2.05. The van der Waals surface area contributed by atoms with Gasteiger partial charge in [0, 0.05) is 19.2 Å². The van der Waals surface area contributed by atoms with Crippen molar-refractivity contribution in [3.8, 4) is 5.75 Å². The van der Waals surface area contributed by atoms with Gasteiger partial charge >= 0.3 is 5.97 Å². The molecule has 0 heterocycles. The summed E-state index contributed by atoms with van der Waals surface area (Å²) >= 11 is 5.11. The Labute approximate surface area is 169 Å². The maximum absolute atomic E-state index is 11.5. The predicted octanol–water partition coefficient (Wildman–Crippen LogP) is 2.50. The number of thiocarbonyl (C=S) groups is 1. The lowest BCUT2D eigenvalue weighted by Crippen LogP contribution is -2.34. The molecule has 7 nitrogen and oxygen atoms in total. The molecule has 148 valence electrons. The Hall–Kier alpha value is -2.97. The number of rotatable bonds is 9. The van der Waals surface area contributed by atoms with E-state index in [0.717, 1.165) is 11.1 Å². The van der Waals surface area contributed by atoms with Crippen LogP contribution in [0.25, 0.3) is 0 Å². The Kier molecular flexibility index (Phi) is 8.90. The molecule has 0 spiro atoms. The number of para-hydroxylation sites is 1. The van der Waals surface area contributed by atoms with Gasteiger partial charge in [0.2, 0.25) is 0 Å². The third-order valence-corrected chi connectivity index (χ3v) is 3.89. The molecule has 8 heteroatoms. The first-order valence-corrected chi connectivity index (χ1v) is 8.99. The molecule has 2 N–H and O–H groups in total. The minimum Gasteiger partial charge on any atom is -0.488 e. The van der Waals surface area contributed by atoms with Crippen molar-refractivity contribution in [1.82, 2.24) is 10.7 Å². The van der Waals surface area contributed by atoms with Crippen molar-refractivity contribution in [3.05, 3.63) is 65.2 Å². The van der Waals surface area contributed by atoms with Gasteiger partial charge in [0.05, 0.1) is 25.5 Å². The Morgan fingerprint density at radius 2 is 1.89 bits per heavy atom. The van der Waals surface area contributed by atoms with Gasteiger partial charge in [-0.3, -0.25) is 5.43 Å². The SMILES string of the molecule is COCCNC(=S)N/N=C/c1ccccc1OCc1ccc(C(=O)OC)cc1. The van der Waals surface area contributed by atoms with Gasteiger partial charge in [-0.25, -0.2) is 4.79 Å². The molecule has 0 aromatic heterocycles. The van der Waals surface area contributed by atoms with Crippen LogP contribution in [0.4, 0.5) is 0 Å². The molecular formula is C20H23N3O4S. The zero-order valence-electron chi connectivity index (χ0n) is 15.8.